The van der Waals surface area contributed by atoms with Gasteiger partial charge in [-0.05, 0) is 44.1 Å². The highest BCUT2D eigenvalue weighted by Gasteiger charge is 2.20. The SMILES string of the molecule is CCCN(CCC)C(=O)Cn1cnc2sc3c(c2c1=O)CCCCC3. The fourth-order valence-electron chi connectivity index (χ4n) is 3.62. The summed E-state index contributed by atoms with van der Waals surface area (Å²) in [4.78, 5) is 34.1. The highest BCUT2D eigenvalue weighted by molar-refractivity contribution is 7.18. The number of rotatable bonds is 6. The van der Waals surface area contributed by atoms with Crippen molar-refractivity contribution in [3.63, 3.8) is 0 Å². The minimum Gasteiger partial charge on any atom is -0.341 e. The van der Waals surface area contributed by atoms with Crippen molar-refractivity contribution in [3.8, 4) is 0 Å². The van der Waals surface area contributed by atoms with Crippen molar-refractivity contribution >= 4 is 27.5 Å². The molecule has 5 nitrogen and oxygen atoms in total. The van der Waals surface area contributed by atoms with Crippen LogP contribution in [0.2, 0.25) is 0 Å². The van der Waals surface area contributed by atoms with Gasteiger partial charge in [-0.1, -0.05) is 20.3 Å². The first-order valence-electron chi connectivity index (χ1n) is 9.43. The molecule has 0 N–H and O–H groups in total. The lowest BCUT2D eigenvalue weighted by molar-refractivity contribution is -0.132. The molecule has 0 bridgehead atoms. The maximum atomic E-state index is 13.0. The summed E-state index contributed by atoms with van der Waals surface area (Å²) < 4.78 is 1.50. The Labute approximate surface area is 152 Å². The molecule has 2 aromatic rings. The molecule has 2 heterocycles. The Morgan fingerprint density at radius 1 is 1.20 bits per heavy atom. The molecule has 0 atom stereocenters. The van der Waals surface area contributed by atoms with Gasteiger partial charge in [0.15, 0.2) is 0 Å². The maximum Gasteiger partial charge on any atom is 0.262 e. The molecule has 6 heteroatoms. The zero-order valence-corrected chi connectivity index (χ0v) is 16.0. The molecule has 0 aromatic carbocycles. The average Bonchev–Trinajstić information content (AvgIpc) is 2.79. The summed E-state index contributed by atoms with van der Waals surface area (Å²) in [6, 6.07) is 0. The number of hydrogen-bond donors (Lipinski definition) is 0. The van der Waals surface area contributed by atoms with Gasteiger partial charge in [0, 0.05) is 18.0 Å². The fourth-order valence-corrected chi connectivity index (χ4v) is 4.84. The van der Waals surface area contributed by atoms with Crippen molar-refractivity contribution in [2.24, 2.45) is 0 Å². The van der Waals surface area contributed by atoms with E-state index in [0.29, 0.717) is 0 Å². The zero-order valence-electron chi connectivity index (χ0n) is 15.2. The van der Waals surface area contributed by atoms with E-state index in [0.717, 1.165) is 55.4 Å². The second-order valence-corrected chi connectivity index (χ2v) is 7.89. The molecular weight excluding hydrogens is 334 g/mol. The van der Waals surface area contributed by atoms with Crippen LogP contribution >= 0.6 is 11.3 Å². The lowest BCUT2D eigenvalue weighted by atomic mass is 10.1. The van der Waals surface area contributed by atoms with Crippen molar-refractivity contribution in [2.45, 2.75) is 65.3 Å². The minimum absolute atomic E-state index is 0.00766. The van der Waals surface area contributed by atoms with Gasteiger partial charge in [-0.15, -0.1) is 11.3 Å². The van der Waals surface area contributed by atoms with Crippen LogP contribution in [0.1, 0.15) is 56.4 Å². The molecule has 25 heavy (non-hydrogen) atoms. The molecule has 1 aliphatic rings. The molecule has 0 spiro atoms. The van der Waals surface area contributed by atoms with Gasteiger partial charge in [-0.3, -0.25) is 14.2 Å². The summed E-state index contributed by atoms with van der Waals surface area (Å²) in [7, 11) is 0. The Kier molecular flexibility index (Phi) is 5.89. The Morgan fingerprint density at radius 2 is 1.92 bits per heavy atom. The predicted molar refractivity (Wildman–Crippen MR) is 102 cm³/mol. The molecule has 0 fully saturated rings. The Bertz CT molecular complexity index is 803. The normalized spacial score (nSPS) is 14.3. The predicted octanol–water partition coefficient (Wildman–Crippen LogP) is 3.38. The lowest BCUT2D eigenvalue weighted by Crippen LogP contribution is -2.37. The first kappa shape index (κ1) is 18.1. The van der Waals surface area contributed by atoms with E-state index >= 15 is 0 Å². The van der Waals surface area contributed by atoms with E-state index in [1.165, 1.54) is 27.8 Å². The van der Waals surface area contributed by atoms with Crippen LogP contribution in [0.5, 0.6) is 0 Å². The Morgan fingerprint density at radius 3 is 2.64 bits per heavy atom. The number of aryl methyl sites for hydroxylation is 2. The molecule has 0 radical (unpaired) electrons. The zero-order chi connectivity index (χ0) is 17.8. The van der Waals surface area contributed by atoms with Crippen molar-refractivity contribution < 1.29 is 4.79 Å². The number of thiophene rings is 1. The molecule has 136 valence electrons. The molecule has 2 aromatic heterocycles. The molecular formula is C19H27N3O2S. The summed E-state index contributed by atoms with van der Waals surface area (Å²) in [6.45, 7) is 5.70. The van der Waals surface area contributed by atoms with Crippen LogP contribution in [0.15, 0.2) is 11.1 Å². The topological polar surface area (TPSA) is 55.2 Å². The van der Waals surface area contributed by atoms with E-state index in [-0.39, 0.29) is 18.0 Å². The smallest absolute Gasteiger partial charge is 0.262 e. The van der Waals surface area contributed by atoms with Crippen LogP contribution in [-0.2, 0) is 24.2 Å². The number of amides is 1. The number of fused-ring (bicyclic) bond motifs is 3. The second-order valence-electron chi connectivity index (χ2n) is 6.80. The number of hydrogen-bond acceptors (Lipinski definition) is 4. The first-order chi connectivity index (χ1) is 12.2. The first-order valence-corrected chi connectivity index (χ1v) is 10.2. The van der Waals surface area contributed by atoms with Crippen LogP contribution in [0, 0.1) is 0 Å². The van der Waals surface area contributed by atoms with Crippen molar-refractivity contribution in [1.29, 1.82) is 0 Å². The van der Waals surface area contributed by atoms with Crippen molar-refractivity contribution in [1.82, 2.24) is 14.5 Å². The summed E-state index contributed by atoms with van der Waals surface area (Å²) in [6.07, 6.45) is 8.96. The maximum absolute atomic E-state index is 13.0. The van der Waals surface area contributed by atoms with E-state index in [4.69, 9.17) is 0 Å². The average molecular weight is 362 g/mol. The van der Waals surface area contributed by atoms with Crippen LogP contribution < -0.4 is 5.56 Å². The number of nitrogens with zero attached hydrogens (tertiary/aromatic N) is 3. The Hall–Kier alpha value is -1.69. The molecule has 0 unspecified atom stereocenters. The van der Waals surface area contributed by atoms with Gasteiger partial charge in [0.25, 0.3) is 5.56 Å². The van der Waals surface area contributed by atoms with Crippen LogP contribution in [0.4, 0.5) is 0 Å². The molecule has 3 rings (SSSR count). The van der Waals surface area contributed by atoms with Gasteiger partial charge in [-0.25, -0.2) is 4.98 Å². The standard InChI is InChI=1S/C19H27N3O2S/c1-3-10-21(11-4-2)16(23)12-22-13-20-18-17(19(22)24)14-8-6-5-7-9-15(14)25-18/h13H,3-12H2,1-2H3. The van der Waals surface area contributed by atoms with Gasteiger partial charge in [0.05, 0.1) is 11.7 Å². The number of carbonyl (C=O) groups is 1. The third-order valence-electron chi connectivity index (χ3n) is 4.84. The summed E-state index contributed by atoms with van der Waals surface area (Å²) in [5, 5.41) is 0.759. The lowest BCUT2D eigenvalue weighted by Gasteiger charge is -2.21. The van der Waals surface area contributed by atoms with Crippen molar-refractivity contribution in [2.75, 3.05) is 13.1 Å². The van der Waals surface area contributed by atoms with Gasteiger partial charge in [0.1, 0.15) is 11.4 Å². The fraction of sp³-hybridized carbons (Fsp3) is 0.632. The summed E-state index contributed by atoms with van der Waals surface area (Å²) in [5.74, 6) is 0.00766. The summed E-state index contributed by atoms with van der Waals surface area (Å²) >= 11 is 1.66. The molecule has 0 saturated carbocycles. The van der Waals surface area contributed by atoms with Crippen LogP contribution in [0.3, 0.4) is 0 Å². The van der Waals surface area contributed by atoms with Gasteiger partial charge in [-0.2, -0.15) is 0 Å². The van der Waals surface area contributed by atoms with Crippen LogP contribution in [0.25, 0.3) is 10.2 Å². The monoisotopic (exact) mass is 361 g/mol. The van der Waals surface area contributed by atoms with Gasteiger partial charge < -0.3 is 4.90 Å². The highest BCUT2D eigenvalue weighted by atomic mass is 32.1. The quantitative estimate of drug-likeness (QED) is 0.741. The number of carbonyl (C=O) groups excluding carboxylic acids is 1. The minimum atomic E-state index is -0.0503. The van der Waals surface area contributed by atoms with E-state index in [1.54, 1.807) is 17.7 Å². The molecule has 1 aliphatic carbocycles. The van der Waals surface area contributed by atoms with E-state index in [2.05, 4.69) is 18.8 Å². The third-order valence-corrected chi connectivity index (χ3v) is 6.04. The van der Waals surface area contributed by atoms with Gasteiger partial charge in [0.2, 0.25) is 5.91 Å². The van der Waals surface area contributed by atoms with Crippen molar-refractivity contribution in [3.05, 3.63) is 27.1 Å². The number of aromatic nitrogens is 2. The van der Waals surface area contributed by atoms with E-state index in [1.807, 2.05) is 4.90 Å². The molecule has 1 amide bonds. The largest absolute Gasteiger partial charge is 0.341 e. The Balaban J connectivity index is 1.92. The van der Waals surface area contributed by atoms with Crippen LogP contribution in [-0.4, -0.2) is 33.4 Å². The summed E-state index contributed by atoms with van der Waals surface area (Å²) in [5.41, 5.74) is 1.14. The third kappa shape index (κ3) is 3.78. The second kappa shape index (κ2) is 8.13. The van der Waals surface area contributed by atoms with E-state index in [9.17, 15) is 9.59 Å². The van der Waals surface area contributed by atoms with E-state index < -0.39 is 0 Å². The highest BCUT2D eigenvalue weighted by Crippen LogP contribution is 2.32. The van der Waals surface area contributed by atoms with Gasteiger partial charge >= 0.3 is 0 Å². The molecule has 0 saturated heterocycles. The molecule has 0 aliphatic heterocycles.